The summed E-state index contributed by atoms with van der Waals surface area (Å²) in [6, 6.07) is 3.61. The highest BCUT2D eigenvalue weighted by Crippen LogP contribution is 2.28. The van der Waals surface area contributed by atoms with Crippen LogP contribution in [0.2, 0.25) is 0 Å². The summed E-state index contributed by atoms with van der Waals surface area (Å²) in [5.41, 5.74) is 12.2. The number of imidazole rings is 1. The van der Waals surface area contributed by atoms with Crippen molar-refractivity contribution in [3.05, 3.63) is 84.1 Å². The normalized spacial score (nSPS) is 15.2. The third-order valence-corrected chi connectivity index (χ3v) is 17.8. The Morgan fingerprint density at radius 3 is 1.86 bits per heavy atom. The minimum atomic E-state index is -1.48. The lowest BCUT2D eigenvalue weighted by Gasteiger charge is -2.45. The number of anilines is 1. The van der Waals surface area contributed by atoms with E-state index < -0.39 is 138 Å². The van der Waals surface area contributed by atoms with Gasteiger partial charge >= 0.3 is 0 Å². The fraction of sp³-hybridized carbons (Fsp3) is 0.529. The molecule has 0 saturated carbocycles. The summed E-state index contributed by atoms with van der Waals surface area (Å²) in [6.45, 7) is 11.4. The number of primary amides is 2. The third-order valence-electron chi connectivity index (χ3n) is 17.2. The minimum absolute atomic E-state index is 0.00840. The van der Waals surface area contributed by atoms with Gasteiger partial charge in [0.1, 0.15) is 61.2 Å². The van der Waals surface area contributed by atoms with E-state index in [4.69, 9.17) is 11.5 Å². The van der Waals surface area contributed by atoms with E-state index in [1.165, 1.54) is 55.5 Å². The summed E-state index contributed by atoms with van der Waals surface area (Å²) < 4.78 is 0. The van der Waals surface area contributed by atoms with Crippen molar-refractivity contribution < 1.29 is 71.9 Å². The van der Waals surface area contributed by atoms with Crippen molar-refractivity contribution in [3.63, 3.8) is 0 Å². The van der Waals surface area contributed by atoms with Gasteiger partial charge in [0.2, 0.25) is 65.0 Å². The van der Waals surface area contributed by atoms with Crippen LogP contribution in [0.4, 0.5) is 5.69 Å². The Hall–Kier alpha value is -9.93. The summed E-state index contributed by atoms with van der Waals surface area (Å²) in [6.07, 6.45) is 8.22. The molecule has 1 fully saturated rings. The highest BCUT2D eigenvalue weighted by Gasteiger charge is 2.42. The number of rotatable bonds is 44. The Labute approximate surface area is 595 Å². The van der Waals surface area contributed by atoms with Crippen LogP contribution in [0.1, 0.15) is 102 Å². The highest BCUT2D eigenvalue weighted by atomic mass is 32.2. The van der Waals surface area contributed by atoms with E-state index >= 15 is 0 Å². The van der Waals surface area contributed by atoms with Crippen LogP contribution in [0.5, 0.6) is 0 Å². The molecule has 33 nitrogen and oxygen atoms in total. The molecule has 1 aliphatic rings. The number of nitrogens with zero attached hydrogens (tertiary/aromatic N) is 4. The number of para-hydroxylation sites is 1. The molecule has 16 N–H and O–H groups in total. The number of nitrogens with one attached hydrogen (secondary N) is 12. The van der Waals surface area contributed by atoms with Gasteiger partial charge in [-0.1, -0.05) is 52.8 Å². The van der Waals surface area contributed by atoms with Crippen molar-refractivity contribution >= 4 is 118 Å². The second-order valence-corrected chi connectivity index (χ2v) is 26.8. The van der Waals surface area contributed by atoms with E-state index in [2.05, 4.69) is 68.1 Å². The number of likely N-dealkylation sites (N-methyl/N-ethyl adjacent to an activating group) is 1. The number of hydrogen-bond donors (Lipinski definition) is 14. The molecule has 0 aliphatic carbocycles. The van der Waals surface area contributed by atoms with E-state index in [1.54, 1.807) is 44.3 Å². The predicted octanol–water partition coefficient (Wildman–Crippen LogP) is -2.16. The first-order chi connectivity index (χ1) is 48.6. The number of carbonyl (C=O) groups is 15. The molecule has 12 amide bonds. The molecule has 102 heavy (non-hydrogen) atoms. The number of fused-ring (bicyclic) bond motifs is 1. The number of H-pyrrole nitrogens is 2. The summed E-state index contributed by atoms with van der Waals surface area (Å²) in [5.74, 6) is -9.28. The van der Waals surface area contributed by atoms with E-state index in [0.29, 0.717) is 60.6 Å². The molecule has 34 heteroatoms. The van der Waals surface area contributed by atoms with Gasteiger partial charge in [-0.2, -0.15) is 11.8 Å². The molecule has 2 aromatic carbocycles. The van der Waals surface area contributed by atoms with Gasteiger partial charge in [0.25, 0.3) is 5.91 Å². The molecule has 4 aromatic rings. The maximum absolute atomic E-state index is 14.4. The average Bonchev–Trinajstić information content (AvgIpc) is 1.52. The lowest BCUT2D eigenvalue weighted by atomic mass is 9.89. The van der Waals surface area contributed by atoms with E-state index in [1.807, 2.05) is 41.7 Å². The van der Waals surface area contributed by atoms with Crippen molar-refractivity contribution in [2.75, 3.05) is 82.8 Å². The summed E-state index contributed by atoms with van der Waals surface area (Å²) in [7, 11) is 0. The number of aldehydes is 3. The van der Waals surface area contributed by atoms with Crippen LogP contribution in [0.3, 0.4) is 0 Å². The van der Waals surface area contributed by atoms with Crippen molar-refractivity contribution in [2.24, 2.45) is 23.3 Å². The van der Waals surface area contributed by atoms with Gasteiger partial charge in [-0.3, -0.25) is 72.2 Å². The van der Waals surface area contributed by atoms with Gasteiger partial charge in [-0.05, 0) is 98.9 Å². The first-order valence-corrected chi connectivity index (χ1v) is 35.2. The summed E-state index contributed by atoms with van der Waals surface area (Å²) in [4.78, 5) is 213. The zero-order chi connectivity index (χ0) is 75.1. The number of aromatic amines is 2. The molecule has 5 rings (SSSR count). The van der Waals surface area contributed by atoms with E-state index in [0.717, 1.165) is 18.9 Å². The molecular weight excluding hydrogens is 1340 g/mol. The van der Waals surface area contributed by atoms with Crippen LogP contribution in [0.25, 0.3) is 10.9 Å². The monoisotopic (exact) mass is 1440 g/mol. The fourth-order valence-corrected chi connectivity index (χ4v) is 12.2. The van der Waals surface area contributed by atoms with Gasteiger partial charge in [0.05, 0.1) is 39.1 Å². The van der Waals surface area contributed by atoms with Crippen LogP contribution in [0.15, 0.2) is 67.3 Å². The first-order valence-electron chi connectivity index (χ1n) is 33.8. The molecule has 0 radical (unpaired) electrons. The SMILES string of the molecule is CCN(CC=O)C1(CCC(=O)NCC(=O)Nc2ccc(C(=O)N[C@@H](CCC(N)=O)C(=O)N[C@@H](Cc3c[nH]c4ccccc34)C(=O)N[C@@H](C)C(=O)N[C@H](C(=O)NCC(=O)N[C@@H](Cc3cnc[nH]3)C(=O)N[C@@H](CC(C)C)C(=O)N[C@@H](CCSC)C(N)=O)C(C)C)cc2)CN(CC=O)CCN(CC=O)C1. The van der Waals surface area contributed by atoms with Crippen molar-refractivity contribution in [1.82, 2.24) is 77.5 Å². The Balaban J connectivity index is 1.23. The lowest BCUT2D eigenvalue weighted by Crippen LogP contribution is -2.60. The Bertz CT molecular complexity index is 3510. The first kappa shape index (κ1) is 82.7. The number of amides is 12. The number of aromatic nitrogens is 3. The van der Waals surface area contributed by atoms with Gasteiger partial charge in [0.15, 0.2) is 0 Å². The van der Waals surface area contributed by atoms with Gasteiger partial charge in [-0.15, -0.1) is 0 Å². The van der Waals surface area contributed by atoms with Crippen molar-refractivity contribution in [2.45, 2.75) is 141 Å². The maximum Gasteiger partial charge on any atom is 0.251 e. The van der Waals surface area contributed by atoms with Crippen molar-refractivity contribution in [3.8, 4) is 0 Å². The van der Waals surface area contributed by atoms with E-state index in [-0.39, 0.29) is 88.2 Å². The minimum Gasteiger partial charge on any atom is -0.370 e. The molecule has 0 spiro atoms. The third kappa shape index (κ3) is 26.5. The fourth-order valence-electron chi connectivity index (χ4n) is 11.7. The number of hydrogen-bond acceptors (Lipinski definition) is 20. The summed E-state index contributed by atoms with van der Waals surface area (Å²) in [5, 5.41) is 26.8. The number of thioether (sulfide) groups is 1. The summed E-state index contributed by atoms with van der Waals surface area (Å²) >= 11 is 1.46. The number of carbonyl (C=O) groups excluding carboxylic acids is 15. The van der Waals surface area contributed by atoms with Crippen LogP contribution in [-0.2, 0) is 80.0 Å². The standard InChI is InChI=1S/C68H98N18O15S/c1-8-86(26-29-89)68(38-84(24-27-87)22-23-85(39-68)25-28-88)21-19-56(91)73-36-57(92)77-46-15-13-44(14-16-46)62(96)80-51(17-18-55(69)90)63(97)82-53(32-45-34-72-49-12-10-9-11-48(45)49)64(98)76-43(6)61(95)83-59(42(4)5)67(101)74-37-58(93)78-54(33-47-35-71-40-75-47)66(100)81-52(31-41(2)3)65(99)79-50(60(70)94)20-30-102-7/h9-16,27-29,34-35,40-43,50-54,59,72H,8,17-26,30-33,36-39H2,1-7H3,(H2,69,90)(H2,70,94)(H,71,75)(H,73,91)(H,74,101)(H,76,98)(H,77,92)(H,78,93)(H,79,99)(H,80,96)(H,81,100)(H,82,97)(H,83,95)/t43-,50-,51-,52-,53-,54-,59-/m0/s1. The molecule has 1 aliphatic heterocycles. The Morgan fingerprint density at radius 1 is 0.647 bits per heavy atom. The molecule has 3 heterocycles. The average molecular weight is 1440 g/mol. The Morgan fingerprint density at radius 2 is 1.26 bits per heavy atom. The smallest absolute Gasteiger partial charge is 0.251 e. The Kier molecular flexibility index (Phi) is 33.8. The van der Waals surface area contributed by atoms with Crippen LogP contribution in [-0.4, -0.2) is 245 Å². The predicted molar refractivity (Wildman–Crippen MR) is 379 cm³/mol. The van der Waals surface area contributed by atoms with Gasteiger partial charge < -0.3 is 89.0 Å². The van der Waals surface area contributed by atoms with Gasteiger partial charge in [-0.25, -0.2) is 4.98 Å². The second-order valence-electron chi connectivity index (χ2n) is 25.8. The molecule has 556 valence electrons. The maximum atomic E-state index is 14.4. The van der Waals surface area contributed by atoms with Crippen molar-refractivity contribution in [1.29, 1.82) is 0 Å². The second kappa shape index (κ2) is 41.7. The van der Waals surface area contributed by atoms with Crippen LogP contribution in [0, 0.1) is 11.8 Å². The number of nitrogens with two attached hydrogens (primary N) is 2. The van der Waals surface area contributed by atoms with Crippen LogP contribution < -0.4 is 64.6 Å². The van der Waals surface area contributed by atoms with Gasteiger partial charge in [0, 0.05) is 97.6 Å². The molecule has 0 unspecified atom stereocenters. The lowest BCUT2D eigenvalue weighted by molar-refractivity contribution is -0.135. The topological polar surface area (TPSA) is 483 Å². The molecule has 0 bridgehead atoms. The van der Waals surface area contributed by atoms with Crippen LogP contribution >= 0.6 is 11.8 Å². The highest BCUT2D eigenvalue weighted by molar-refractivity contribution is 7.98. The largest absolute Gasteiger partial charge is 0.370 e. The molecule has 7 atom stereocenters. The number of benzene rings is 2. The molecule has 2 aromatic heterocycles. The quantitative estimate of drug-likeness (QED) is 0.0210. The molecular formula is C68H98N18O15S. The zero-order valence-electron chi connectivity index (χ0n) is 58.7. The van der Waals surface area contributed by atoms with E-state index in [9.17, 15) is 71.9 Å². The molecule has 1 saturated heterocycles. The zero-order valence-corrected chi connectivity index (χ0v) is 59.5.